The summed E-state index contributed by atoms with van der Waals surface area (Å²) in [6.45, 7) is 0. The van der Waals surface area contributed by atoms with Crippen molar-refractivity contribution >= 4 is 11.1 Å². The molecule has 1 heterocycles. The summed E-state index contributed by atoms with van der Waals surface area (Å²) in [7, 11) is 0. The second-order valence-electron chi connectivity index (χ2n) is 1.55. The maximum atomic E-state index is 10.4. The zero-order valence-electron chi connectivity index (χ0n) is 4.29. The molecule has 0 aromatic heterocycles. The van der Waals surface area contributed by atoms with Gasteiger partial charge in [0.15, 0.2) is 11.1 Å². The van der Waals surface area contributed by atoms with E-state index in [1.54, 1.807) is 0 Å². The Bertz CT molecular complexity index is 147. The summed E-state index contributed by atoms with van der Waals surface area (Å²) in [6.07, 6.45) is 5.53. The van der Waals surface area contributed by atoms with E-state index in [-0.39, 0.29) is 6.10 Å². The van der Waals surface area contributed by atoms with Crippen LogP contribution in [-0.4, -0.2) is 16.1 Å². The number of terminal acetylenes is 1. The average molecular weight is 130 g/mol. The molecule has 1 aliphatic heterocycles. The van der Waals surface area contributed by atoms with Crippen LogP contribution in [0.25, 0.3) is 0 Å². The van der Waals surface area contributed by atoms with E-state index in [0.717, 1.165) is 6.42 Å². The molecule has 2 unspecified atom stereocenters. The second-order valence-corrected chi connectivity index (χ2v) is 2.76. The zero-order valence-corrected chi connectivity index (χ0v) is 5.11. The Morgan fingerprint density at radius 2 is 2.62 bits per heavy atom. The van der Waals surface area contributed by atoms with Crippen LogP contribution >= 0.6 is 0 Å². The van der Waals surface area contributed by atoms with Crippen molar-refractivity contribution in [2.24, 2.45) is 0 Å². The summed E-state index contributed by atoms with van der Waals surface area (Å²) in [4.78, 5) is 0. The van der Waals surface area contributed by atoms with Gasteiger partial charge >= 0.3 is 0 Å². The SMILES string of the molecule is C#CC1CCS(=O)O1. The molecule has 0 aliphatic carbocycles. The van der Waals surface area contributed by atoms with Gasteiger partial charge in [-0.1, -0.05) is 5.92 Å². The topological polar surface area (TPSA) is 26.3 Å². The van der Waals surface area contributed by atoms with Crippen LogP contribution in [0.2, 0.25) is 0 Å². The first-order chi connectivity index (χ1) is 3.83. The van der Waals surface area contributed by atoms with Gasteiger partial charge < -0.3 is 0 Å². The van der Waals surface area contributed by atoms with Crippen LogP contribution in [0.5, 0.6) is 0 Å². The van der Waals surface area contributed by atoms with Gasteiger partial charge in [-0.05, 0) is 6.42 Å². The monoisotopic (exact) mass is 130 g/mol. The van der Waals surface area contributed by atoms with E-state index in [4.69, 9.17) is 10.6 Å². The minimum Gasteiger partial charge on any atom is -0.274 e. The molecule has 0 N–H and O–H groups in total. The van der Waals surface area contributed by atoms with Gasteiger partial charge in [-0.2, -0.15) is 0 Å². The van der Waals surface area contributed by atoms with E-state index in [9.17, 15) is 4.21 Å². The Balaban J connectivity index is 2.47. The molecule has 44 valence electrons. The zero-order chi connectivity index (χ0) is 5.98. The number of hydrogen-bond donors (Lipinski definition) is 0. The number of rotatable bonds is 0. The fourth-order valence-electron chi connectivity index (χ4n) is 0.540. The Morgan fingerprint density at radius 3 is 2.88 bits per heavy atom. The first kappa shape index (κ1) is 5.80. The molecule has 0 aromatic carbocycles. The molecule has 0 radical (unpaired) electrons. The highest BCUT2D eigenvalue weighted by atomic mass is 32.2. The van der Waals surface area contributed by atoms with Crippen LogP contribution in [0.4, 0.5) is 0 Å². The molecular weight excluding hydrogens is 124 g/mol. The summed E-state index contributed by atoms with van der Waals surface area (Å²) >= 11 is -1.10. The minimum absolute atomic E-state index is 0.198. The Morgan fingerprint density at radius 1 is 1.88 bits per heavy atom. The lowest BCUT2D eigenvalue weighted by Gasteiger charge is -1.92. The fraction of sp³-hybridized carbons (Fsp3) is 0.600. The summed E-state index contributed by atoms with van der Waals surface area (Å²) in [6, 6.07) is 0. The maximum Gasteiger partial charge on any atom is 0.156 e. The average Bonchev–Trinajstić information content (AvgIpc) is 2.14. The minimum atomic E-state index is -1.10. The van der Waals surface area contributed by atoms with E-state index in [2.05, 4.69) is 5.92 Å². The molecule has 0 saturated carbocycles. The van der Waals surface area contributed by atoms with Gasteiger partial charge in [-0.25, -0.2) is 4.21 Å². The van der Waals surface area contributed by atoms with Gasteiger partial charge in [-0.15, -0.1) is 6.42 Å². The van der Waals surface area contributed by atoms with E-state index in [0.29, 0.717) is 5.75 Å². The van der Waals surface area contributed by atoms with Crippen molar-refractivity contribution in [2.75, 3.05) is 5.75 Å². The molecule has 2 nitrogen and oxygen atoms in total. The summed E-state index contributed by atoms with van der Waals surface area (Å²) in [5.41, 5.74) is 0. The largest absolute Gasteiger partial charge is 0.274 e. The van der Waals surface area contributed by atoms with Crippen LogP contribution in [0.1, 0.15) is 6.42 Å². The van der Waals surface area contributed by atoms with E-state index in [1.807, 2.05) is 0 Å². The lowest BCUT2D eigenvalue weighted by Crippen LogP contribution is -1.98. The number of hydrogen-bond acceptors (Lipinski definition) is 2. The third kappa shape index (κ3) is 1.09. The fourth-order valence-corrected chi connectivity index (χ4v) is 1.45. The lowest BCUT2D eigenvalue weighted by atomic mass is 10.3. The molecule has 3 heteroatoms. The summed E-state index contributed by atoms with van der Waals surface area (Å²) in [5.74, 6) is 2.97. The van der Waals surface area contributed by atoms with Crippen molar-refractivity contribution < 1.29 is 8.39 Å². The van der Waals surface area contributed by atoms with Gasteiger partial charge in [0.1, 0.15) is 6.10 Å². The summed E-state index contributed by atoms with van der Waals surface area (Å²) in [5, 5.41) is 0. The normalized spacial score (nSPS) is 36.9. The molecule has 1 aliphatic rings. The molecule has 1 saturated heterocycles. The highest BCUT2D eigenvalue weighted by Gasteiger charge is 2.18. The smallest absolute Gasteiger partial charge is 0.156 e. The van der Waals surface area contributed by atoms with E-state index < -0.39 is 11.1 Å². The van der Waals surface area contributed by atoms with Crippen molar-refractivity contribution in [3.8, 4) is 12.3 Å². The molecule has 0 spiro atoms. The Hall–Kier alpha value is -0.330. The predicted molar refractivity (Wildman–Crippen MR) is 31.3 cm³/mol. The lowest BCUT2D eigenvalue weighted by molar-refractivity contribution is 0.314. The molecule has 1 fully saturated rings. The second kappa shape index (κ2) is 2.29. The predicted octanol–water partition coefficient (Wildman–Crippen LogP) is 0.0722. The van der Waals surface area contributed by atoms with Gasteiger partial charge in [-0.3, -0.25) is 4.18 Å². The highest BCUT2D eigenvalue weighted by molar-refractivity contribution is 7.80. The van der Waals surface area contributed by atoms with Crippen molar-refractivity contribution in [3.05, 3.63) is 0 Å². The van der Waals surface area contributed by atoms with Gasteiger partial charge in [0, 0.05) is 0 Å². The van der Waals surface area contributed by atoms with Gasteiger partial charge in [0.05, 0.1) is 5.75 Å². The van der Waals surface area contributed by atoms with Crippen LogP contribution < -0.4 is 0 Å². The third-order valence-electron chi connectivity index (χ3n) is 0.956. The van der Waals surface area contributed by atoms with Gasteiger partial charge in [0.25, 0.3) is 0 Å². The maximum absolute atomic E-state index is 10.4. The first-order valence-corrected chi connectivity index (χ1v) is 3.59. The van der Waals surface area contributed by atoms with Crippen LogP contribution in [-0.2, 0) is 15.3 Å². The Labute approximate surface area is 50.9 Å². The molecule has 0 bridgehead atoms. The Kier molecular flexibility index (Phi) is 1.66. The van der Waals surface area contributed by atoms with Gasteiger partial charge in [0.2, 0.25) is 0 Å². The van der Waals surface area contributed by atoms with E-state index >= 15 is 0 Å². The van der Waals surface area contributed by atoms with Crippen LogP contribution in [0.15, 0.2) is 0 Å². The quantitative estimate of drug-likeness (QED) is 0.434. The van der Waals surface area contributed by atoms with Crippen LogP contribution in [0, 0.1) is 12.3 Å². The standard InChI is InChI=1S/C5H6O2S/c1-2-5-3-4-8(6)7-5/h1,5H,3-4H2. The third-order valence-corrected chi connectivity index (χ3v) is 1.97. The van der Waals surface area contributed by atoms with Crippen LogP contribution in [0.3, 0.4) is 0 Å². The van der Waals surface area contributed by atoms with E-state index in [1.165, 1.54) is 0 Å². The molecule has 0 amide bonds. The molecule has 0 aromatic rings. The van der Waals surface area contributed by atoms with Crippen molar-refractivity contribution in [1.82, 2.24) is 0 Å². The highest BCUT2D eigenvalue weighted by Crippen LogP contribution is 2.09. The molecule has 2 atom stereocenters. The van der Waals surface area contributed by atoms with Crippen molar-refractivity contribution in [1.29, 1.82) is 0 Å². The molecular formula is C5H6O2S. The molecule has 1 rings (SSSR count). The molecule has 8 heavy (non-hydrogen) atoms. The summed E-state index contributed by atoms with van der Waals surface area (Å²) < 4.78 is 15.2. The first-order valence-electron chi connectivity index (χ1n) is 2.34. The van der Waals surface area contributed by atoms with Crippen molar-refractivity contribution in [3.63, 3.8) is 0 Å². The van der Waals surface area contributed by atoms with Crippen molar-refractivity contribution in [2.45, 2.75) is 12.5 Å².